The third kappa shape index (κ3) is 3.19. The third-order valence-corrected chi connectivity index (χ3v) is 6.63. The normalized spacial score (nSPS) is 14.8. The largest absolute Gasteiger partial charge is 0.507 e. The van der Waals surface area contributed by atoms with Gasteiger partial charge in [0.2, 0.25) is 10.0 Å². The first-order valence-electron chi connectivity index (χ1n) is 8.20. The highest BCUT2D eigenvalue weighted by atomic mass is 32.2. The molecule has 1 aliphatic rings. The molecule has 140 valence electrons. The van der Waals surface area contributed by atoms with Gasteiger partial charge in [0, 0.05) is 30.9 Å². The Bertz CT molecular complexity index is 977. The summed E-state index contributed by atoms with van der Waals surface area (Å²) in [6.07, 6.45) is 1.53. The van der Waals surface area contributed by atoms with Crippen molar-refractivity contribution in [2.45, 2.75) is 44.2 Å². The molecule has 0 bridgehead atoms. The summed E-state index contributed by atoms with van der Waals surface area (Å²) in [5.41, 5.74) is 2.07. The number of hydrogen-bond acceptors (Lipinski definition) is 5. The molecule has 1 aromatic carbocycles. The van der Waals surface area contributed by atoms with Crippen LogP contribution in [0.15, 0.2) is 23.1 Å². The Balaban J connectivity index is 2.02. The molecule has 1 saturated carbocycles. The summed E-state index contributed by atoms with van der Waals surface area (Å²) in [5, 5.41) is 23.1. The number of rotatable bonds is 6. The minimum absolute atomic E-state index is 0.110. The fourth-order valence-corrected chi connectivity index (χ4v) is 4.64. The molecule has 0 spiro atoms. The number of phenols is 1. The van der Waals surface area contributed by atoms with Gasteiger partial charge in [-0.05, 0) is 44.9 Å². The van der Waals surface area contributed by atoms with Gasteiger partial charge in [-0.2, -0.15) is 9.40 Å². The molecule has 0 unspecified atom stereocenters. The highest BCUT2D eigenvalue weighted by Gasteiger charge is 2.39. The monoisotopic (exact) mass is 379 g/mol. The zero-order chi connectivity index (χ0) is 19.2. The summed E-state index contributed by atoms with van der Waals surface area (Å²) in [7, 11) is -2.10. The van der Waals surface area contributed by atoms with E-state index in [1.807, 2.05) is 13.8 Å². The van der Waals surface area contributed by atoms with Crippen LogP contribution in [0, 0.1) is 13.8 Å². The van der Waals surface area contributed by atoms with Gasteiger partial charge in [0.15, 0.2) is 0 Å². The minimum atomic E-state index is -3.91. The van der Waals surface area contributed by atoms with Gasteiger partial charge in [-0.25, -0.2) is 13.2 Å². The van der Waals surface area contributed by atoms with E-state index in [0.29, 0.717) is 0 Å². The van der Waals surface area contributed by atoms with Crippen molar-refractivity contribution in [3.05, 3.63) is 40.7 Å². The van der Waals surface area contributed by atoms with Crippen molar-refractivity contribution in [1.82, 2.24) is 14.1 Å². The van der Waals surface area contributed by atoms with Crippen LogP contribution in [0.1, 0.15) is 40.2 Å². The van der Waals surface area contributed by atoms with Crippen LogP contribution in [0.4, 0.5) is 0 Å². The van der Waals surface area contributed by atoms with Crippen LogP contribution in [0.5, 0.6) is 5.75 Å². The second-order valence-electron chi connectivity index (χ2n) is 6.54. The second kappa shape index (κ2) is 6.40. The average Bonchev–Trinajstić information content (AvgIpc) is 3.35. The molecule has 1 aliphatic carbocycles. The van der Waals surface area contributed by atoms with Crippen LogP contribution >= 0.6 is 0 Å². The van der Waals surface area contributed by atoms with E-state index < -0.39 is 27.3 Å². The lowest BCUT2D eigenvalue weighted by Gasteiger charge is -2.22. The summed E-state index contributed by atoms with van der Waals surface area (Å²) in [5.74, 6) is -1.84. The Morgan fingerprint density at radius 1 is 1.35 bits per heavy atom. The van der Waals surface area contributed by atoms with E-state index in [2.05, 4.69) is 5.10 Å². The quantitative estimate of drug-likeness (QED) is 0.791. The van der Waals surface area contributed by atoms with Crippen molar-refractivity contribution < 1.29 is 23.4 Å². The summed E-state index contributed by atoms with van der Waals surface area (Å²) in [6, 6.07) is 3.23. The number of nitrogens with zero attached hydrogens (tertiary/aromatic N) is 3. The molecule has 8 nitrogen and oxygen atoms in total. The molecular formula is C17H21N3O5S. The molecule has 2 aromatic rings. The first-order chi connectivity index (χ1) is 12.1. The van der Waals surface area contributed by atoms with Gasteiger partial charge in [-0.15, -0.1) is 0 Å². The maximum absolute atomic E-state index is 13.2. The second-order valence-corrected chi connectivity index (χ2v) is 8.43. The Labute approximate surface area is 151 Å². The summed E-state index contributed by atoms with van der Waals surface area (Å²) in [4.78, 5) is 11.1. The van der Waals surface area contributed by atoms with Crippen LogP contribution < -0.4 is 0 Å². The summed E-state index contributed by atoms with van der Waals surface area (Å²) in [6.45, 7) is 3.90. The Kier molecular flexibility index (Phi) is 4.53. The molecule has 0 radical (unpaired) electrons. The first kappa shape index (κ1) is 18.4. The van der Waals surface area contributed by atoms with E-state index in [-0.39, 0.29) is 17.5 Å². The molecule has 0 amide bonds. The van der Waals surface area contributed by atoms with Gasteiger partial charge in [0.25, 0.3) is 0 Å². The summed E-state index contributed by atoms with van der Waals surface area (Å²) >= 11 is 0. The van der Waals surface area contributed by atoms with E-state index in [4.69, 9.17) is 5.11 Å². The highest BCUT2D eigenvalue weighted by Crippen LogP contribution is 2.35. The van der Waals surface area contributed by atoms with Gasteiger partial charge in [-0.1, -0.05) is 0 Å². The predicted octanol–water partition coefficient (Wildman–Crippen LogP) is 1.79. The zero-order valence-corrected chi connectivity index (χ0v) is 15.6. The van der Waals surface area contributed by atoms with Crippen LogP contribution in [0.2, 0.25) is 0 Å². The Hall–Kier alpha value is -2.39. The molecule has 26 heavy (non-hydrogen) atoms. The van der Waals surface area contributed by atoms with E-state index >= 15 is 0 Å². The Morgan fingerprint density at radius 3 is 2.50 bits per heavy atom. The standard InChI is InChI=1S/C17H21N3O5S/c1-10-15(11(2)19(3)18-10)9-20(12-4-5-12)26(24,25)13-6-7-16(21)14(8-13)17(22)23/h6-8,12,21H,4-5,9H2,1-3H3,(H,22,23). The maximum atomic E-state index is 13.2. The number of aromatic hydroxyl groups is 1. The lowest BCUT2D eigenvalue weighted by atomic mass is 10.2. The molecule has 3 rings (SSSR count). The number of carboxylic acid groups (broad SMARTS) is 1. The van der Waals surface area contributed by atoms with E-state index in [1.54, 1.807) is 11.7 Å². The van der Waals surface area contributed by atoms with Gasteiger partial charge in [0.05, 0.1) is 10.6 Å². The fraction of sp³-hybridized carbons (Fsp3) is 0.412. The SMILES string of the molecule is Cc1nn(C)c(C)c1CN(C1CC1)S(=O)(=O)c1ccc(O)c(C(=O)O)c1. The number of benzene rings is 1. The number of sulfonamides is 1. The topological polar surface area (TPSA) is 113 Å². The van der Waals surface area contributed by atoms with Crippen molar-refractivity contribution in [2.75, 3.05) is 0 Å². The number of aromatic nitrogens is 2. The van der Waals surface area contributed by atoms with Gasteiger partial charge >= 0.3 is 5.97 Å². The zero-order valence-electron chi connectivity index (χ0n) is 14.8. The first-order valence-corrected chi connectivity index (χ1v) is 9.64. The van der Waals surface area contributed by atoms with E-state index in [1.165, 1.54) is 10.4 Å². The lowest BCUT2D eigenvalue weighted by Crippen LogP contribution is -2.33. The molecular weight excluding hydrogens is 358 g/mol. The predicted molar refractivity (Wildman–Crippen MR) is 93.5 cm³/mol. The average molecular weight is 379 g/mol. The molecule has 0 saturated heterocycles. The molecule has 9 heteroatoms. The fourth-order valence-electron chi connectivity index (χ4n) is 2.96. The van der Waals surface area contributed by atoms with Crippen molar-refractivity contribution in [3.63, 3.8) is 0 Å². The van der Waals surface area contributed by atoms with Gasteiger partial charge in [0.1, 0.15) is 11.3 Å². The smallest absolute Gasteiger partial charge is 0.339 e. The van der Waals surface area contributed by atoms with Crippen molar-refractivity contribution in [1.29, 1.82) is 0 Å². The molecule has 0 aliphatic heterocycles. The van der Waals surface area contributed by atoms with Crippen LogP contribution in [-0.2, 0) is 23.6 Å². The summed E-state index contributed by atoms with van der Waals surface area (Å²) < 4.78 is 29.4. The highest BCUT2D eigenvalue weighted by molar-refractivity contribution is 7.89. The van der Waals surface area contributed by atoms with Crippen molar-refractivity contribution in [3.8, 4) is 5.75 Å². The lowest BCUT2D eigenvalue weighted by molar-refractivity contribution is 0.0693. The third-order valence-electron chi connectivity index (χ3n) is 4.73. The number of aryl methyl sites for hydroxylation is 2. The number of aromatic carboxylic acids is 1. The molecule has 2 N–H and O–H groups in total. The number of carbonyl (C=O) groups is 1. The molecule has 1 fully saturated rings. The Morgan fingerprint density at radius 2 is 2.00 bits per heavy atom. The van der Waals surface area contributed by atoms with E-state index in [9.17, 15) is 18.3 Å². The minimum Gasteiger partial charge on any atom is -0.507 e. The van der Waals surface area contributed by atoms with Crippen molar-refractivity contribution >= 4 is 16.0 Å². The number of carboxylic acids is 1. The van der Waals surface area contributed by atoms with Gasteiger partial charge in [-0.3, -0.25) is 4.68 Å². The van der Waals surface area contributed by atoms with E-state index in [0.717, 1.165) is 41.9 Å². The van der Waals surface area contributed by atoms with Crippen LogP contribution in [0.3, 0.4) is 0 Å². The van der Waals surface area contributed by atoms with Crippen LogP contribution in [0.25, 0.3) is 0 Å². The number of hydrogen-bond donors (Lipinski definition) is 2. The molecule has 1 heterocycles. The van der Waals surface area contributed by atoms with Crippen LogP contribution in [-0.4, -0.2) is 44.7 Å². The van der Waals surface area contributed by atoms with Crippen molar-refractivity contribution in [2.24, 2.45) is 7.05 Å². The maximum Gasteiger partial charge on any atom is 0.339 e. The molecule has 1 aromatic heterocycles. The molecule has 0 atom stereocenters. The van der Waals surface area contributed by atoms with Gasteiger partial charge < -0.3 is 10.2 Å².